The molecule has 0 spiro atoms. The van der Waals surface area contributed by atoms with E-state index in [1.54, 1.807) is 75.8 Å². The molecule has 7 rings (SSSR count). The molecule has 1 atom stereocenters. The fraction of sp³-hybridized carbons (Fsp3) is 0.257. The first-order valence-electron chi connectivity index (χ1n) is 15.6. The number of carbonyl (C=O) groups is 3. The zero-order valence-corrected chi connectivity index (χ0v) is 29.5. The van der Waals surface area contributed by atoms with Crippen molar-refractivity contribution in [3.05, 3.63) is 83.0 Å². The van der Waals surface area contributed by atoms with Crippen LogP contribution >= 0.6 is 22.7 Å². The molecule has 6 heterocycles. The molecule has 0 saturated carbocycles. The first-order valence-corrected chi connectivity index (χ1v) is 17.3. The van der Waals surface area contributed by atoms with Crippen LogP contribution in [0.25, 0.3) is 31.8 Å². The van der Waals surface area contributed by atoms with Crippen molar-refractivity contribution in [3.8, 4) is 38.8 Å². The summed E-state index contributed by atoms with van der Waals surface area (Å²) in [5.74, 6) is 0.695. The number of fused-ring (bicyclic) bond motifs is 2. The fourth-order valence-electron chi connectivity index (χ4n) is 5.29. The third-order valence-corrected chi connectivity index (χ3v) is 9.83. The Morgan fingerprint density at radius 2 is 1.67 bits per heavy atom. The second kappa shape index (κ2) is 15.5. The molecule has 1 aliphatic rings. The van der Waals surface area contributed by atoms with E-state index >= 15 is 0 Å². The van der Waals surface area contributed by atoms with E-state index in [2.05, 4.69) is 15.0 Å². The number of pyridine rings is 1. The fourth-order valence-corrected chi connectivity index (χ4v) is 7.25. The SMILES string of the molecule is CCOC(=O)C1C(=O)c2sc(-c3ccco3)nc2CN1Cc1ccc(OC)cc1OC.CCOC(=O)c1ncc2nc(-c3ccco3)sc2c1O. The van der Waals surface area contributed by atoms with E-state index in [0.29, 0.717) is 66.9 Å². The number of hydrogen-bond acceptors (Lipinski definition) is 16. The van der Waals surface area contributed by atoms with Gasteiger partial charge in [0.2, 0.25) is 5.78 Å². The van der Waals surface area contributed by atoms with Crippen LogP contribution in [0.1, 0.15) is 45.3 Å². The van der Waals surface area contributed by atoms with Crippen molar-refractivity contribution in [3.63, 3.8) is 0 Å². The molecular weight excluding hydrogens is 701 g/mol. The Balaban J connectivity index is 0.000000193. The molecule has 0 amide bonds. The van der Waals surface area contributed by atoms with Crippen molar-refractivity contribution in [2.45, 2.75) is 33.0 Å². The predicted molar refractivity (Wildman–Crippen MR) is 186 cm³/mol. The van der Waals surface area contributed by atoms with Gasteiger partial charge >= 0.3 is 11.9 Å². The number of carbonyl (C=O) groups excluding carboxylic acids is 3. The van der Waals surface area contributed by atoms with Gasteiger partial charge < -0.3 is 32.9 Å². The van der Waals surface area contributed by atoms with Crippen LogP contribution in [0, 0.1) is 0 Å². The molecular formula is C35H32N4O10S2. The van der Waals surface area contributed by atoms with Crippen LogP contribution in [0.5, 0.6) is 17.2 Å². The minimum absolute atomic E-state index is 0.103. The van der Waals surface area contributed by atoms with Crippen LogP contribution in [0.4, 0.5) is 0 Å². The monoisotopic (exact) mass is 732 g/mol. The lowest BCUT2D eigenvalue weighted by Gasteiger charge is -2.32. The average Bonchev–Trinajstić information content (AvgIpc) is 3.96. The van der Waals surface area contributed by atoms with Gasteiger partial charge in [0.1, 0.15) is 21.7 Å². The minimum atomic E-state index is -1.05. The van der Waals surface area contributed by atoms with Crippen molar-refractivity contribution in [2.75, 3.05) is 27.4 Å². The maximum absolute atomic E-state index is 13.3. The zero-order chi connectivity index (χ0) is 36.1. The lowest BCUT2D eigenvalue weighted by atomic mass is 10.0. The van der Waals surface area contributed by atoms with Gasteiger partial charge in [0.15, 0.2) is 39.0 Å². The molecule has 5 aromatic heterocycles. The van der Waals surface area contributed by atoms with Crippen molar-refractivity contribution in [1.82, 2.24) is 19.9 Å². The van der Waals surface area contributed by atoms with Crippen LogP contribution in [-0.4, -0.2) is 76.2 Å². The summed E-state index contributed by atoms with van der Waals surface area (Å²) in [5, 5.41) is 11.4. The van der Waals surface area contributed by atoms with Crippen molar-refractivity contribution >= 4 is 50.6 Å². The Morgan fingerprint density at radius 3 is 2.29 bits per heavy atom. The topological polar surface area (TPSA) is 177 Å². The first kappa shape index (κ1) is 35.3. The van der Waals surface area contributed by atoms with Crippen LogP contribution < -0.4 is 9.47 Å². The van der Waals surface area contributed by atoms with Crippen molar-refractivity contribution in [2.24, 2.45) is 0 Å². The van der Waals surface area contributed by atoms with Gasteiger partial charge in [0.05, 0.1) is 56.7 Å². The number of hydrogen-bond donors (Lipinski definition) is 1. The molecule has 1 aromatic carbocycles. The van der Waals surface area contributed by atoms with Gasteiger partial charge in [-0.2, -0.15) is 0 Å². The lowest BCUT2D eigenvalue weighted by Crippen LogP contribution is -2.49. The van der Waals surface area contributed by atoms with E-state index in [4.69, 9.17) is 27.8 Å². The Hall–Kier alpha value is -5.58. The maximum atomic E-state index is 13.3. The van der Waals surface area contributed by atoms with Gasteiger partial charge in [0.25, 0.3) is 0 Å². The number of aromatic hydroxyl groups is 1. The van der Waals surface area contributed by atoms with Crippen LogP contribution in [0.3, 0.4) is 0 Å². The standard InChI is InChI=1S/C22H22N2O6S.C13H10N2O4S/c1-4-29-22(26)18-19(25)20-15(23-21(31-20)16-6-5-9-30-16)12-24(18)11-13-7-8-14(27-2)10-17(13)28-3;1-2-18-13(17)9-10(16)11-7(6-14-9)15-12(20-11)8-4-3-5-19-8/h5-10,18H,4,11-12H2,1-3H3;3-6,16H,2H2,1H3. The summed E-state index contributed by atoms with van der Waals surface area (Å²) in [5.41, 5.74) is 1.84. The second-order valence-electron chi connectivity index (χ2n) is 10.8. The normalized spacial score (nSPS) is 14.0. The summed E-state index contributed by atoms with van der Waals surface area (Å²) in [7, 11) is 3.14. The van der Waals surface area contributed by atoms with Gasteiger partial charge in [-0.15, -0.1) is 22.7 Å². The Kier molecular flexibility index (Phi) is 10.7. The smallest absolute Gasteiger partial charge is 0.360 e. The molecule has 16 heteroatoms. The third kappa shape index (κ3) is 7.33. The van der Waals surface area contributed by atoms with Gasteiger partial charge in [-0.1, -0.05) is 6.07 Å². The number of ether oxygens (including phenoxy) is 4. The van der Waals surface area contributed by atoms with E-state index in [9.17, 15) is 19.5 Å². The minimum Gasteiger partial charge on any atom is -0.504 e. The second-order valence-corrected chi connectivity index (χ2v) is 12.8. The number of benzene rings is 1. The molecule has 1 N–H and O–H groups in total. The molecule has 0 saturated heterocycles. The average molecular weight is 733 g/mol. The zero-order valence-electron chi connectivity index (χ0n) is 27.9. The largest absolute Gasteiger partial charge is 0.504 e. The molecule has 0 fully saturated rings. The number of Topliss-reactive ketones (excluding diaryl/α,β-unsaturated/α-hetero) is 1. The first-order chi connectivity index (χ1) is 24.8. The summed E-state index contributed by atoms with van der Waals surface area (Å²) in [4.78, 5) is 52.8. The predicted octanol–water partition coefficient (Wildman–Crippen LogP) is 6.38. The van der Waals surface area contributed by atoms with Gasteiger partial charge in [-0.05, 0) is 44.2 Å². The molecule has 0 bridgehead atoms. The maximum Gasteiger partial charge on any atom is 0.360 e. The summed E-state index contributed by atoms with van der Waals surface area (Å²) < 4.78 is 32.0. The van der Waals surface area contributed by atoms with Crippen LogP contribution in [0.15, 0.2) is 70.0 Å². The van der Waals surface area contributed by atoms with E-state index < -0.39 is 18.0 Å². The van der Waals surface area contributed by atoms with E-state index in [0.717, 1.165) is 5.56 Å². The molecule has 0 aliphatic carbocycles. The Bertz CT molecular complexity index is 2160. The quantitative estimate of drug-likeness (QED) is 0.121. The number of rotatable bonds is 10. The molecule has 14 nitrogen and oxygen atoms in total. The van der Waals surface area contributed by atoms with E-state index in [-0.39, 0.29) is 30.4 Å². The lowest BCUT2D eigenvalue weighted by molar-refractivity contribution is -0.148. The molecule has 264 valence electrons. The number of nitrogens with zero attached hydrogens (tertiary/aromatic N) is 4. The van der Waals surface area contributed by atoms with Gasteiger partial charge in [0, 0.05) is 24.7 Å². The van der Waals surface area contributed by atoms with E-state index in [1.165, 1.54) is 28.9 Å². The van der Waals surface area contributed by atoms with Gasteiger partial charge in [-0.3, -0.25) is 9.69 Å². The Morgan fingerprint density at radius 1 is 0.961 bits per heavy atom. The molecule has 1 aliphatic heterocycles. The number of furan rings is 2. The highest BCUT2D eigenvalue weighted by Crippen LogP contribution is 2.38. The summed E-state index contributed by atoms with van der Waals surface area (Å²) in [6.07, 6.45) is 4.54. The van der Waals surface area contributed by atoms with Gasteiger partial charge in [-0.25, -0.2) is 24.5 Å². The summed E-state index contributed by atoms with van der Waals surface area (Å²) in [6.45, 7) is 4.44. The summed E-state index contributed by atoms with van der Waals surface area (Å²) in [6, 6.07) is 11.5. The molecule has 0 radical (unpaired) electrons. The highest BCUT2D eigenvalue weighted by molar-refractivity contribution is 7.22. The number of aromatic nitrogens is 3. The number of thiazole rings is 2. The highest BCUT2D eigenvalue weighted by Gasteiger charge is 2.42. The number of ketones is 1. The molecule has 1 unspecified atom stereocenters. The van der Waals surface area contributed by atoms with Crippen molar-refractivity contribution in [1.29, 1.82) is 0 Å². The van der Waals surface area contributed by atoms with E-state index in [1.807, 2.05) is 12.1 Å². The Labute approximate surface area is 299 Å². The third-order valence-electron chi connectivity index (χ3n) is 7.61. The summed E-state index contributed by atoms with van der Waals surface area (Å²) >= 11 is 2.46. The molecule has 6 aromatic rings. The highest BCUT2D eigenvalue weighted by atomic mass is 32.1. The van der Waals surface area contributed by atoms with Crippen LogP contribution in [-0.2, 0) is 27.4 Å². The number of methoxy groups -OCH3 is 2. The number of esters is 2. The molecule has 51 heavy (non-hydrogen) atoms. The van der Waals surface area contributed by atoms with Crippen LogP contribution in [0.2, 0.25) is 0 Å². The van der Waals surface area contributed by atoms with Crippen molar-refractivity contribution < 1.29 is 47.3 Å².